The van der Waals surface area contributed by atoms with Gasteiger partial charge in [-0.2, -0.15) is 0 Å². The van der Waals surface area contributed by atoms with E-state index in [1.165, 1.54) is 6.26 Å². The van der Waals surface area contributed by atoms with Gasteiger partial charge in [0.25, 0.3) is 0 Å². The molecular weight excluding hydrogens is 343 g/mol. The van der Waals surface area contributed by atoms with E-state index in [-0.39, 0.29) is 30.6 Å². The van der Waals surface area contributed by atoms with Gasteiger partial charge < -0.3 is 14.3 Å². The molecule has 0 unspecified atom stereocenters. The zero-order chi connectivity index (χ0) is 14.7. The van der Waals surface area contributed by atoms with Gasteiger partial charge in [-0.1, -0.05) is 0 Å². The Bertz CT molecular complexity index is 541. The van der Waals surface area contributed by atoms with E-state index in [4.69, 9.17) is 9.15 Å². The summed E-state index contributed by atoms with van der Waals surface area (Å²) in [6.45, 7) is 6.10. The summed E-state index contributed by atoms with van der Waals surface area (Å²) in [6, 6.07) is 0. The Morgan fingerprint density at radius 2 is 1.61 bits per heavy atom. The highest BCUT2D eigenvalue weighted by Gasteiger charge is 2.21. The lowest BCUT2D eigenvalue weighted by Crippen LogP contribution is -2.35. The van der Waals surface area contributed by atoms with Crippen LogP contribution in [0.1, 0.15) is 24.0 Å². The second-order valence-corrected chi connectivity index (χ2v) is 5.75. The van der Waals surface area contributed by atoms with Crippen molar-refractivity contribution in [1.82, 2.24) is 9.80 Å². The Labute approximate surface area is 148 Å². The molecule has 0 radical (unpaired) electrons. The molecule has 0 atom stereocenters. The van der Waals surface area contributed by atoms with Gasteiger partial charge in [0, 0.05) is 31.7 Å². The minimum atomic E-state index is -0.426. The summed E-state index contributed by atoms with van der Waals surface area (Å²) in [5, 5.41) is 10.4. The van der Waals surface area contributed by atoms with Gasteiger partial charge in [0.15, 0.2) is 0 Å². The minimum Gasteiger partial charge on any atom is -0.507 e. The summed E-state index contributed by atoms with van der Waals surface area (Å²) < 4.78 is 10.4. The van der Waals surface area contributed by atoms with Gasteiger partial charge in [0.05, 0.1) is 18.8 Å². The number of nitrogens with zero attached hydrogens (tertiary/aromatic N) is 2. The Morgan fingerprint density at radius 3 is 2.26 bits per heavy atom. The van der Waals surface area contributed by atoms with E-state index < -0.39 is 5.63 Å². The van der Waals surface area contributed by atoms with Crippen molar-refractivity contribution in [3.8, 4) is 5.75 Å². The van der Waals surface area contributed by atoms with Crippen molar-refractivity contribution < 1.29 is 14.3 Å². The fourth-order valence-corrected chi connectivity index (χ4v) is 2.96. The molecule has 132 valence electrons. The molecule has 6 nitrogen and oxygen atoms in total. The number of hydrogen-bond donors (Lipinski definition) is 1. The van der Waals surface area contributed by atoms with Crippen LogP contribution in [0.3, 0.4) is 0 Å². The van der Waals surface area contributed by atoms with E-state index in [0.29, 0.717) is 37.4 Å². The monoisotopic (exact) mass is 366 g/mol. The molecule has 2 aliphatic rings. The number of hydrogen-bond acceptors (Lipinski definition) is 6. The van der Waals surface area contributed by atoms with Crippen molar-refractivity contribution in [2.24, 2.45) is 0 Å². The average molecular weight is 367 g/mol. The predicted molar refractivity (Wildman–Crippen MR) is 91.7 cm³/mol. The maximum Gasteiger partial charge on any atom is 0.343 e. The molecule has 2 fully saturated rings. The molecule has 0 spiro atoms. The van der Waals surface area contributed by atoms with E-state index in [1.54, 1.807) is 0 Å². The maximum absolute atomic E-state index is 11.9. The molecule has 1 N–H and O–H groups in total. The molecule has 0 bridgehead atoms. The van der Waals surface area contributed by atoms with Crippen molar-refractivity contribution in [1.29, 1.82) is 0 Å². The number of halogens is 2. The van der Waals surface area contributed by atoms with Crippen molar-refractivity contribution in [3.63, 3.8) is 0 Å². The van der Waals surface area contributed by atoms with Crippen LogP contribution in [-0.2, 0) is 17.8 Å². The van der Waals surface area contributed by atoms with Crippen molar-refractivity contribution in [3.05, 3.63) is 27.8 Å². The van der Waals surface area contributed by atoms with Gasteiger partial charge in [0.1, 0.15) is 12.0 Å². The smallest absolute Gasteiger partial charge is 0.343 e. The highest BCUT2D eigenvalue weighted by molar-refractivity contribution is 5.85. The number of likely N-dealkylation sites (tertiary alicyclic amines) is 1. The SMILES string of the molecule is Cl.Cl.O=c1occ(CN2CCOCC2)c(O)c1CN1CCCC1. The molecule has 0 aliphatic carbocycles. The van der Waals surface area contributed by atoms with Crippen LogP contribution >= 0.6 is 24.8 Å². The van der Waals surface area contributed by atoms with E-state index >= 15 is 0 Å². The van der Waals surface area contributed by atoms with E-state index in [1.807, 2.05) is 0 Å². The van der Waals surface area contributed by atoms with Crippen LogP contribution in [0.5, 0.6) is 5.75 Å². The molecule has 1 aromatic rings. The third kappa shape index (κ3) is 5.09. The van der Waals surface area contributed by atoms with Crippen LogP contribution < -0.4 is 5.63 Å². The van der Waals surface area contributed by atoms with Crippen molar-refractivity contribution in [2.45, 2.75) is 25.9 Å². The highest BCUT2D eigenvalue weighted by atomic mass is 35.5. The Morgan fingerprint density at radius 1 is 1.00 bits per heavy atom. The van der Waals surface area contributed by atoms with Gasteiger partial charge >= 0.3 is 5.63 Å². The number of ether oxygens (including phenoxy) is 1. The third-order valence-electron chi connectivity index (χ3n) is 4.22. The van der Waals surface area contributed by atoms with Crippen molar-refractivity contribution >= 4 is 24.8 Å². The first-order chi connectivity index (χ1) is 10.2. The largest absolute Gasteiger partial charge is 0.507 e. The van der Waals surface area contributed by atoms with Gasteiger partial charge in [-0.15, -0.1) is 24.8 Å². The van der Waals surface area contributed by atoms with Crippen LogP contribution in [-0.4, -0.2) is 54.3 Å². The molecule has 0 saturated carbocycles. The average Bonchev–Trinajstić information content (AvgIpc) is 3.01. The van der Waals surface area contributed by atoms with Gasteiger partial charge in [-0.05, 0) is 25.9 Å². The lowest BCUT2D eigenvalue weighted by Gasteiger charge is -2.26. The lowest BCUT2D eigenvalue weighted by molar-refractivity contribution is 0.0335. The lowest BCUT2D eigenvalue weighted by atomic mass is 10.1. The second-order valence-electron chi connectivity index (χ2n) is 5.75. The number of aromatic hydroxyl groups is 1. The molecule has 2 saturated heterocycles. The van der Waals surface area contributed by atoms with Crippen LogP contribution in [0.15, 0.2) is 15.5 Å². The predicted octanol–water partition coefficient (Wildman–Crippen LogP) is 1.62. The highest BCUT2D eigenvalue weighted by Crippen LogP contribution is 2.24. The topological polar surface area (TPSA) is 66.2 Å². The molecule has 2 aliphatic heterocycles. The van der Waals surface area contributed by atoms with E-state index in [0.717, 1.165) is 39.0 Å². The first-order valence-electron chi connectivity index (χ1n) is 7.59. The number of rotatable bonds is 4. The van der Waals surface area contributed by atoms with Gasteiger partial charge in [-0.3, -0.25) is 9.80 Å². The van der Waals surface area contributed by atoms with Crippen LogP contribution in [0.2, 0.25) is 0 Å². The Hall–Kier alpha value is -0.790. The summed E-state index contributed by atoms with van der Waals surface area (Å²) >= 11 is 0. The fraction of sp³-hybridized carbons (Fsp3) is 0.667. The molecular formula is C15H24Cl2N2O4. The van der Waals surface area contributed by atoms with Crippen LogP contribution in [0, 0.1) is 0 Å². The quantitative estimate of drug-likeness (QED) is 0.873. The Kier molecular flexibility index (Phi) is 8.36. The first kappa shape index (κ1) is 20.3. The standard InChI is InChI=1S/C15H22N2O4.2ClH/c18-14-12(9-17-5-7-20-8-6-17)11-21-15(19)13(14)10-16-3-1-2-4-16;;/h11,18H,1-10H2;2*1H. The summed E-state index contributed by atoms with van der Waals surface area (Å²) in [7, 11) is 0. The van der Waals surface area contributed by atoms with Gasteiger partial charge in [-0.25, -0.2) is 4.79 Å². The molecule has 3 heterocycles. The van der Waals surface area contributed by atoms with Gasteiger partial charge in [0.2, 0.25) is 0 Å². The van der Waals surface area contributed by atoms with E-state index in [2.05, 4.69) is 9.80 Å². The summed E-state index contributed by atoms with van der Waals surface area (Å²) in [6.07, 6.45) is 3.69. The minimum absolute atomic E-state index is 0. The fourth-order valence-electron chi connectivity index (χ4n) is 2.96. The molecule has 1 aromatic heterocycles. The summed E-state index contributed by atoms with van der Waals surface area (Å²) in [5.74, 6) is 0.102. The Balaban J connectivity index is 0.00000132. The van der Waals surface area contributed by atoms with Crippen LogP contribution in [0.25, 0.3) is 0 Å². The first-order valence-corrected chi connectivity index (χ1v) is 7.59. The summed E-state index contributed by atoms with van der Waals surface area (Å²) in [5.41, 5.74) is 0.651. The zero-order valence-electron chi connectivity index (χ0n) is 13.0. The zero-order valence-corrected chi connectivity index (χ0v) is 14.7. The molecule has 0 aromatic carbocycles. The molecule has 3 rings (SSSR count). The molecule has 8 heteroatoms. The maximum atomic E-state index is 11.9. The second kappa shape index (κ2) is 9.49. The van der Waals surface area contributed by atoms with Crippen molar-refractivity contribution in [2.75, 3.05) is 39.4 Å². The normalized spacial score (nSPS) is 19.1. The molecule has 23 heavy (non-hydrogen) atoms. The number of morpholine rings is 1. The van der Waals surface area contributed by atoms with Crippen LogP contribution in [0.4, 0.5) is 0 Å². The third-order valence-corrected chi connectivity index (χ3v) is 4.22. The summed E-state index contributed by atoms with van der Waals surface area (Å²) in [4.78, 5) is 16.3. The molecule has 0 amide bonds. The van der Waals surface area contributed by atoms with E-state index in [9.17, 15) is 9.90 Å².